The molecule has 5 nitrogen and oxygen atoms in total. The van der Waals surface area contributed by atoms with E-state index in [1.807, 2.05) is 35.2 Å². The predicted molar refractivity (Wildman–Crippen MR) is 131 cm³/mol. The van der Waals surface area contributed by atoms with E-state index in [-0.39, 0.29) is 39.5 Å². The number of carbonyl (C=O) groups is 1. The van der Waals surface area contributed by atoms with E-state index in [0.29, 0.717) is 6.54 Å². The molecule has 1 saturated carbocycles. The van der Waals surface area contributed by atoms with E-state index in [1.54, 1.807) is 17.4 Å². The predicted octanol–water partition coefficient (Wildman–Crippen LogP) is 5.38. The molecule has 1 aromatic heterocycles. The van der Waals surface area contributed by atoms with Gasteiger partial charge in [0, 0.05) is 22.5 Å². The summed E-state index contributed by atoms with van der Waals surface area (Å²) in [6, 6.07) is 15.9. The minimum Gasteiger partial charge on any atom is -0.330 e. The van der Waals surface area contributed by atoms with Crippen LogP contribution < -0.4 is 0 Å². The number of sulfonamides is 1. The first-order valence-corrected chi connectivity index (χ1v) is 13.8. The number of rotatable bonds is 6. The molecule has 0 radical (unpaired) electrons. The van der Waals surface area contributed by atoms with Crippen molar-refractivity contribution in [2.75, 3.05) is 13.1 Å². The standard InChI is InChI=1S/C24H22Cl2N2O3S2/c25-17-6-9-20(26)22(14-17)33(30,31)28(18-7-8-18)15-23(29)27-12-10-21-19(11-13-32-21)24(27)16-4-2-1-3-5-16/h1-6,9,11,13-14,18,24H,7-8,10,12,15H2. The van der Waals surface area contributed by atoms with E-state index in [4.69, 9.17) is 23.2 Å². The summed E-state index contributed by atoms with van der Waals surface area (Å²) in [5.74, 6) is -0.214. The minimum absolute atomic E-state index is 0.0604. The van der Waals surface area contributed by atoms with Crippen LogP contribution in [0.1, 0.15) is 34.9 Å². The number of hydrogen-bond acceptors (Lipinski definition) is 4. The lowest BCUT2D eigenvalue weighted by Gasteiger charge is -2.37. The van der Waals surface area contributed by atoms with E-state index < -0.39 is 10.0 Å². The molecule has 172 valence electrons. The summed E-state index contributed by atoms with van der Waals surface area (Å²) in [4.78, 5) is 16.7. The highest BCUT2D eigenvalue weighted by Crippen LogP contribution is 2.39. The van der Waals surface area contributed by atoms with Crippen molar-refractivity contribution in [3.63, 3.8) is 0 Å². The summed E-state index contributed by atoms with van der Waals surface area (Å²) in [6.07, 6.45) is 2.21. The van der Waals surface area contributed by atoms with Crippen molar-refractivity contribution in [1.82, 2.24) is 9.21 Å². The van der Waals surface area contributed by atoms with Crippen molar-refractivity contribution >= 4 is 50.5 Å². The smallest absolute Gasteiger partial charge is 0.245 e. The third kappa shape index (κ3) is 4.45. The second-order valence-corrected chi connectivity index (χ2v) is 12.0. The maximum absolute atomic E-state index is 13.7. The Morgan fingerprint density at radius 3 is 2.58 bits per heavy atom. The van der Waals surface area contributed by atoms with Gasteiger partial charge in [-0.3, -0.25) is 4.79 Å². The Hall–Kier alpha value is -1.90. The van der Waals surface area contributed by atoms with Crippen molar-refractivity contribution in [1.29, 1.82) is 0 Å². The SMILES string of the molecule is O=C(CN(C1CC1)S(=O)(=O)c1cc(Cl)ccc1Cl)N1CCc2sccc2C1c1ccccc1. The van der Waals surface area contributed by atoms with Gasteiger partial charge in [-0.05, 0) is 60.0 Å². The molecule has 1 aliphatic carbocycles. The maximum atomic E-state index is 13.7. The van der Waals surface area contributed by atoms with Gasteiger partial charge in [0.25, 0.3) is 0 Å². The van der Waals surface area contributed by atoms with Crippen LogP contribution in [0, 0.1) is 0 Å². The molecular formula is C24H22Cl2N2O3S2. The highest BCUT2D eigenvalue weighted by atomic mass is 35.5. The Labute approximate surface area is 207 Å². The lowest BCUT2D eigenvalue weighted by molar-refractivity contribution is -0.133. The molecule has 5 rings (SSSR count). The summed E-state index contributed by atoms with van der Waals surface area (Å²) >= 11 is 14.0. The van der Waals surface area contributed by atoms with E-state index in [0.717, 1.165) is 30.4 Å². The average Bonchev–Trinajstić information content (AvgIpc) is 3.54. The van der Waals surface area contributed by atoms with Crippen molar-refractivity contribution in [2.24, 2.45) is 0 Å². The molecule has 3 aromatic rings. The number of nitrogens with zero attached hydrogens (tertiary/aromatic N) is 2. The molecule has 1 amide bonds. The molecule has 1 unspecified atom stereocenters. The number of benzene rings is 2. The summed E-state index contributed by atoms with van der Waals surface area (Å²) < 4.78 is 28.4. The van der Waals surface area contributed by atoms with Gasteiger partial charge in [0.2, 0.25) is 15.9 Å². The van der Waals surface area contributed by atoms with Gasteiger partial charge >= 0.3 is 0 Å². The highest BCUT2D eigenvalue weighted by Gasteiger charge is 2.42. The Bertz CT molecular complexity index is 1290. The monoisotopic (exact) mass is 520 g/mol. The van der Waals surface area contributed by atoms with Crippen LogP contribution in [0.3, 0.4) is 0 Å². The van der Waals surface area contributed by atoms with Crippen molar-refractivity contribution in [3.05, 3.63) is 86.0 Å². The van der Waals surface area contributed by atoms with Crippen molar-refractivity contribution < 1.29 is 13.2 Å². The Morgan fingerprint density at radius 1 is 1.09 bits per heavy atom. The molecule has 9 heteroatoms. The lowest BCUT2D eigenvalue weighted by Crippen LogP contribution is -2.47. The van der Waals surface area contributed by atoms with Crippen LogP contribution in [0.4, 0.5) is 0 Å². The topological polar surface area (TPSA) is 57.7 Å². The van der Waals surface area contributed by atoms with Gasteiger partial charge in [-0.2, -0.15) is 4.31 Å². The third-order valence-corrected chi connectivity index (χ3v) is 9.74. The van der Waals surface area contributed by atoms with Gasteiger partial charge in [0.05, 0.1) is 17.6 Å². The van der Waals surface area contributed by atoms with Gasteiger partial charge in [-0.15, -0.1) is 11.3 Å². The van der Waals surface area contributed by atoms with Gasteiger partial charge in [-0.1, -0.05) is 53.5 Å². The third-order valence-electron chi connectivity index (χ3n) is 6.13. The van der Waals surface area contributed by atoms with Crippen LogP contribution in [0.15, 0.2) is 64.9 Å². The number of carbonyl (C=O) groups excluding carboxylic acids is 1. The zero-order valence-electron chi connectivity index (χ0n) is 17.7. The zero-order chi connectivity index (χ0) is 23.2. The van der Waals surface area contributed by atoms with E-state index >= 15 is 0 Å². The van der Waals surface area contributed by atoms with Crippen LogP contribution in [-0.2, 0) is 21.2 Å². The Morgan fingerprint density at radius 2 is 1.85 bits per heavy atom. The fourth-order valence-electron chi connectivity index (χ4n) is 4.38. The zero-order valence-corrected chi connectivity index (χ0v) is 20.8. The number of fused-ring (bicyclic) bond motifs is 1. The highest BCUT2D eigenvalue weighted by molar-refractivity contribution is 7.89. The van der Waals surface area contributed by atoms with Gasteiger partial charge < -0.3 is 4.90 Å². The molecule has 0 bridgehead atoms. The Kier molecular flexibility index (Phi) is 6.27. The van der Waals surface area contributed by atoms with E-state index in [9.17, 15) is 13.2 Å². The molecule has 2 aliphatic rings. The minimum atomic E-state index is -3.99. The van der Waals surface area contributed by atoms with Crippen LogP contribution >= 0.6 is 34.5 Å². The van der Waals surface area contributed by atoms with Crippen LogP contribution in [0.5, 0.6) is 0 Å². The Balaban J connectivity index is 1.47. The van der Waals surface area contributed by atoms with E-state index in [1.165, 1.54) is 21.3 Å². The van der Waals surface area contributed by atoms with Crippen LogP contribution in [-0.4, -0.2) is 42.7 Å². The summed E-state index contributed by atoms with van der Waals surface area (Å²) in [7, 11) is -3.99. The molecule has 1 atom stereocenters. The normalized spacial score (nSPS) is 18.4. The molecule has 1 aliphatic heterocycles. The second kappa shape index (κ2) is 9.04. The molecule has 2 aromatic carbocycles. The molecular weight excluding hydrogens is 499 g/mol. The second-order valence-electron chi connectivity index (χ2n) is 8.31. The van der Waals surface area contributed by atoms with Gasteiger partial charge in [0.1, 0.15) is 4.90 Å². The number of amides is 1. The van der Waals surface area contributed by atoms with E-state index in [2.05, 4.69) is 11.4 Å². The first-order chi connectivity index (χ1) is 15.9. The average molecular weight is 521 g/mol. The fourth-order valence-corrected chi connectivity index (χ4v) is 7.66. The molecule has 33 heavy (non-hydrogen) atoms. The molecule has 0 N–H and O–H groups in total. The van der Waals surface area contributed by atoms with Crippen molar-refractivity contribution in [2.45, 2.75) is 36.2 Å². The summed E-state index contributed by atoms with van der Waals surface area (Å²) in [5, 5.41) is 2.43. The summed E-state index contributed by atoms with van der Waals surface area (Å²) in [5.41, 5.74) is 2.13. The number of hydrogen-bond donors (Lipinski definition) is 0. The van der Waals surface area contributed by atoms with Crippen LogP contribution in [0.2, 0.25) is 10.0 Å². The van der Waals surface area contributed by atoms with Gasteiger partial charge in [-0.25, -0.2) is 8.42 Å². The molecule has 0 saturated heterocycles. The first kappa shape index (κ1) is 22.9. The first-order valence-electron chi connectivity index (χ1n) is 10.7. The number of halogens is 2. The summed E-state index contributed by atoms with van der Waals surface area (Å²) in [6.45, 7) is 0.320. The van der Waals surface area contributed by atoms with Crippen molar-refractivity contribution in [3.8, 4) is 0 Å². The lowest BCUT2D eigenvalue weighted by atomic mass is 9.93. The van der Waals surface area contributed by atoms with Crippen LogP contribution in [0.25, 0.3) is 0 Å². The number of thiophene rings is 1. The molecule has 0 spiro atoms. The quantitative estimate of drug-likeness (QED) is 0.438. The molecule has 1 fully saturated rings. The fraction of sp³-hybridized carbons (Fsp3) is 0.292. The largest absolute Gasteiger partial charge is 0.330 e. The van der Waals surface area contributed by atoms with Gasteiger partial charge in [0.15, 0.2) is 0 Å². The molecule has 2 heterocycles. The maximum Gasteiger partial charge on any atom is 0.245 e.